The number of hydrazone groups is 1. The van der Waals surface area contributed by atoms with Gasteiger partial charge in [-0.05, 0) is 35.7 Å². The van der Waals surface area contributed by atoms with E-state index < -0.39 is 27.3 Å². The van der Waals surface area contributed by atoms with E-state index in [2.05, 4.69) is 14.7 Å². The van der Waals surface area contributed by atoms with Gasteiger partial charge in [0.15, 0.2) is 5.75 Å². The number of aromatic hydroxyl groups is 1. The van der Waals surface area contributed by atoms with Crippen LogP contribution in [0.3, 0.4) is 0 Å². The maximum atomic E-state index is 12.6. The molecular formula is C19H12ClF3N2O5S. The third kappa shape index (κ3) is 4.89. The maximum absolute atomic E-state index is 12.6. The Morgan fingerprint density at radius 2 is 1.77 bits per heavy atom. The Kier molecular flexibility index (Phi) is 6.09. The lowest BCUT2D eigenvalue weighted by atomic mass is 10.0. The quantitative estimate of drug-likeness (QED) is 0.251. The van der Waals surface area contributed by atoms with E-state index in [1.807, 2.05) is 0 Å². The summed E-state index contributed by atoms with van der Waals surface area (Å²) in [7, 11) is -5.84. The number of hydrogen-bond acceptors (Lipinski definition) is 6. The summed E-state index contributed by atoms with van der Waals surface area (Å²) in [6.07, 6.45) is 1.23. The average Bonchev–Trinajstić information content (AvgIpc) is 2.70. The number of fused-ring (bicyclic) bond motifs is 1. The van der Waals surface area contributed by atoms with E-state index >= 15 is 0 Å². The highest BCUT2D eigenvalue weighted by molar-refractivity contribution is 7.88. The van der Waals surface area contributed by atoms with E-state index in [1.54, 1.807) is 6.07 Å². The van der Waals surface area contributed by atoms with E-state index in [9.17, 15) is 31.5 Å². The van der Waals surface area contributed by atoms with Crippen LogP contribution in [-0.2, 0) is 10.1 Å². The molecule has 31 heavy (non-hydrogen) atoms. The van der Waals surface area contributed by atoms with Crippen LogP contribution >= 0.6 is 11.6 Å². The largest absolute Gasteiger partial charge is 0.534 e. The molecule has 1 amide bonds. The molecular weight excluding hydrogens is 461 g/mol. The Labute approximate surface area is 178 Å². The molecule has 3 rings (SSSR count). The number of nitrogens with one attached hydrogen (secondary N) is 1. The molecule has 12 heteroatoms. The summed E-state index contributed by atoms with van der Waals surface area (Å²) in [6, 6.07) is 12.1. The second kappa shape index (κ2) is 8.44. The van der Waals surface area contributed by atoms with Gasteiger partial charge in [0.1, 0.15) is 5.75 Å². The van der Waals surface area contributed by atoms with Gasteiger partial charge in [0, 0.05) is 16.5 Å². The number of phenols is 1. The molecule has 0 aliphatic carbocycles. The van der Waals surface area contributed by atoms with Crippen LogP contribution in [0.2, 0.25) is 5.02 Å². The molecule has 162 valence electrons. The van der Waals surface area contributed by atoms with Crippen LogP contribution < -0.4 is 9.61 Å². The number of phenolic OH excluding ortho intramolecular Hbond substituents is 1. The van der Waals surface area contributed by atoms with Gasteiger partial charge in [0.2, 0.25) is 0 Å². The number of carbonyl (C=O) groups is 1. The van der Waals surface area contributed by atoms with E-state index in [1.165, 1.54) is 48.7 Å². The molecule has 0 spiro atoms. The maximum Gasteiger partial charge on any atom is 0.534 e. The molecule has 2 N–H and O–H groups in total. The number of hydrogen-bond donors (Lipinski definition) is 2. The Balaban J connectivity index is 1.87. The van der Waals surface area contributed by atoms with Crippen LogP contribution in [0, 0.1) is 0 Å². The van der Waals surface area contributed by atoms with Crippen LogP contribution in [0.1, 0.15) is 15.9 Å². The SMILES string of the molecule is O=C(NN=Cc1ccc(OS(=O)(=O)C(F)(F)F)c2ccccc12)c1ccc(O)c(Cl)c1. The van der Waals surface area contributed by atoms with Gasteiger partial charge < -0.3 is 9.29 Å². The van der Waals surface area contributed by atoms with Crippen molar-refractivity contribution in [3.8, 4) is 11.5 Å². The number of rotatable bonds is 5. The summed E-state index contributed by atoms with van der Waals surface area (Å²) in [5.74, 6) is -1.32. The predicted molar refractivity (Wildman–Crippen MR) is 108 cm³/mol. The molecule has 0 bridgehead atoms. The zero-order chi connectivity index (χ0) is 22.8. The third-order valence-electron chi connectivity index (χ3n) is 3.98. The van der Waals surface area contributed by atoms with Crippen molar-refractivity contribution in [1.29, 1.82) is 0 Å². The normalized spacial score (nSPS) is 12.3. The monoisotopic (exact) mass is 472 g/mol. The van der Waals surface area contributed by atoms with Crippen molar-refractivity contribution < 1.29 is 35.7 Å². The fourth-order valence-electron chi connectivity index (χ4n) is 2.52. The summed E-state index contributed by atoms with van der Waals surface area (Å²) in [6.45, 7) is 0. The van der Waals surface area contributed by atoms with Crippen molar-refractivity contribution >= 4 is 44.6 Å². The molecule has 0 heterocycles. The van der Waals surface area contributed by atoms with Gasteiger partial charge in [-0.15, -0.1) is 0 Å². The predicted octanol–water partition coefficient (Wildman–Crippen LogP) is 4.19. The first-order valence-electron chi connectivity index (χ1n) is 8.34. The van der Waals surface area contributed by atoms with Gasteiger partial charge >= 0.3 is 15.6 Å². The summed E-state index contributed by atoms with van der Waals surface area (Å²) in [4.78, 5) is 12.1. The lowest BCUT2D eigenvalue weighted by molar-refractivity contribution is -0.0499. The van der Waals surface area contributed by atoms with E-state index in [4.69, 9.17) is 11.6 Å². The van der Waals surface area contributed by atoms with Crippen LogP contribution in [0.5, 0.6) is 11.5 Å². The molecule has 0 saturated heterocycles. The molecule has 0 atom stereocenters. The molecule has 3 aromatic rings. The van der Waals surface area contributed by atoms with Crippen LogP contribution in [0.25, 0.3) is 10.8 Å². The minimum absolute atomic E-state index is 0.0213. The lowest BCUT2D eigenvalue weighted by Crippen LogP contribution is -2.28. The first-order chi connectivity index (χ1) is 14.5. The summed E-state index contributed by atoms with van der Waals surface area (Å²) >= 11 is 5.75. The Hall–Kier alpha value is -3.31. The Morgan fingerprint density at radius 1 is 1.10 bits per heavy atom. The van der Waals surface area contributed by atoms with E-state index in [0.29, 0.717) is 10.9 Å². The smallest absolute Gasteiger partial charge is 0.506 e. The van der Waals surface area contributed by atoms with Crippen molar-refractivity contribution in [3.05, 3.63) is 70.7 Å². The first-order valence-corrected chi connectivity index (χ1v) is 10.1. The molecule has 0 aromatic heterocycles. The fourth-order valence-corrected chi connectivity index (χ4v) is 3.18. The number of alkyl halides is 3. The van der Waals surface area contributed by atoms with Crippen molar-refractivity contribution in [2.24, 2.45) is 5.10 Å². The zero-order valence-corrected chi connectivity index (χ0v) is 16.8. The van der Waals surface area contributed by atoms with Crippen LogP contribution in [0.4, 0.5) is 13.2 Å². The minimum atomic E-state index is -5.84. The Morgan fingerprint density at radius 3 is 2.42 bits per heavy atom. The first kappa shape index (κ1) is 22.4. The van der Waals surface area contributed by atoms with E-state index in [0.717, 1.165) is 6.07 Å². The molecule has 0 radical (unpaired) electrons. The standard InChI is InChI=1S/C19H12ClF3N2O5S/c20-15-9-11(5-7-16(15)26)18(27)25-24-10-12-6-8-17(14-4-2-1-3-13(12)14)30-31(28,29)19(21,22)23/h1-10,26H,(H,25,27). The van der Waals surface area contributed by atoms with Gasteiger partial charge in [0.25, 0.3) is 5.91 Å². The molecule has 0 aliphatic rings. The summed E-state index contributed by atoms with van der Waals surface area (Å²) in [5, 5.41) is 13.6. The second-order valence-electron chi connectivity index (χ2n) is 6.05. The van der Waals surface area contributed by atoms with Gasteiger partial charge in [-0.2, -0.15) is 26.7 Å². The van der Waals surface area contributed by atoms with Gasteiger partial charge in [0.05, 0.1) is 11.2 Å². The third-order valence-corrected chi connectivity index (χ3v) is 5.25. The van der Waals surface area contributed by atoms with Gasteiger partial charge in [-0.1, -0.05) is 35.9 Å². The highest BCUT2D eigenvalue weighted by Gasteiger charge is 2.48. The molecule has 0 fully saturated rings. The van der Waals surface area contributed by atoms with Crippen molar-refractivity contribution in [1.82, 2.24) is 5.43 Å². The van der Waals surface area contributed by atoms with Crippen molar-refractivity contribution in [2.45, 2.75) is 5.51 Å². The number of carbonyl (C=O) groups excluding carboxylic acids is 1. The highest BCUT2D eigenvalue weighted by atomic mass is 35.5. The molecule has 7 nitrogen and oxygen atoms in total. The van der Waals surface area contributed by atoms with Crippen molar-refractivity contribution in [3.63, 3.8) is 0 Å². The molecule has 0 unspecified atom stereocenters. The summed E-state index contributed by atoms with van der Waals surface area (Å²) < 4.78 is 64.8. The van der Waals surface area contributed by atoms with E-state index in [-0.39, 0.29) is 21.7 Å². The average molecular weight is 473 g/mol. The Bertz CT molecular complexity index is 1290. The lowest BCUT2D eigenvalue weighted by Gasteiger charge is -2.12. The van der Waals surface area contributed by atoms with Gasteiger partial charge in [-0.25, -0.2) is 5.43 Å². The van der Waals surface area contributed by atoms with Crippen molar-refractivity contribution in [2.75, 3.05) is 0 Å². The minimum Gasteiger partial charge on any atom is -0.506 e. The second-order valence-corrected chi connectivity index (χ2v) is 7.99. The van der Waals surface area contributed by atoms with Crippen LogP contribution in [-0.4, -0.2) is 31.2 Å². The molecule has 0 saturated carbocycles. The molecule has 0 aliphatic heterocycles. The zero-order valence-electron chi connectivity index (χ0n) is 15.2. The number of nitrogens with zero attached hydrogens (tertiary/aromatic N) is 1. The highest BCUT2D eigenvalue weighted by Crippen LogP contribution is 2.33. The number of halogens is 4. The summed E-state index contributed by atoms with van der Waals surface area (Å²) in [5.41, 5.74) is -2.83. The fraction of sp³-hybridized carbons (Fsp3) is 0.0526. The molecule has 3 aromatic carbocycles. The van der Waals surface area contributed by atoms with Crippen LogP contribution in [0.15, 0.2) is 59.7 Å². The number of benzene rings is 3. The number of amides is 1. The topological polar surface area (TPSA) is 105 Å². The van der Waals surface area contributed by atoms with Gasteiger partial charge in [-0.3, -0.25) is 4.79 Å².